The lowest BCUT2D eigenvalue weighted by Gasteiger charge is -2.05. The van der Waals surface area contributed by atoms with Crippen molar-refractivity contribution in [2.24, 2.45) is 0 Å². The quantitative estimate of drug-likeness (QED) is 0.427. The van der Waals surface area contributed by atoms with Crippen LogP contribution in [-0.4, -0.2) is 54.5 Å². The number of nitrogens with one attached hydrogen (secondary N) is 1. The largest absolute Gasteiger partial charge is 0.497 e. The first-order valence-electron chi connectivity index (χ1n) is 9.57. The normalized spacial score (nSPS) is 11.2. The molecule has 4 aromatic heterocycles. The van der Waals surface area contributed by atoms with Crippen LogP contribution in [-0.2, 0) is 4.74 Å². The van der Waals surface area contributed by atoms with Gasteiger partial charge >= 0.3 is 5.97 Å². The van der Waals surface area contributed by atoms with Gasteiger partial charge in [-0.15, -0.1) is 5.10 Å². The van der Waals surface area contributed by atoms with E-state index in [0.717, 1.165) is 11.3 Å². The molecule has 0 aliphatic rings. The number of hydrogen-bond donors (Lipinski definition) is 1. The Hall–Kier alpha value is -4.54. The number of rotatable bonds is 4. The summed E-state index contributed by atoms with van der Waals surface area (Å²) in [5, 5.41) is 11.7. The van der Waals surface area contributed by atoms with Crippen molar-refractivity contribution < 1.29 is 14.3 Å². The second-order valence-corrected chi connectivity index (χ2v) is 6.95. The van der Waals surface area contributed by atoms with Crippen molar-refractivity contribution in [3.63, 3.8) is 0 Å². The zero-order valence-corrected chi connectivity index (χ0v) is 17.4. The smallest absolute Gasteiger partial charge is 0.343 e. The number of carbonyl (C=O) groups excluding carboxylic acids is 1. The minimum absolute atomic E-state index is 0.190. The first-order chi connectivity index (χ1) is 15.5. The van der Waals surface area contributed by atoms with Crippen molar-refractivity contribution in [1.29, 1.82) is 0 Å². The van der Waals surface area contributed by atoms with E-state index in [1.807, 2.05) is 24.3 Å². The number of hydrogen-bond acceptors (Lipinski definition) is 8. The highest BCUT2D eigenvalue weighted by Crippen LogP contribution is 2.21. The molecule has 32 heavy (non-hydrogen) atoms. The fourth-order valence-electron chi connectivity index (χ4n) is 3.51. The van der Waals surface area contributed by atoms with Crippen molar-refractivity contribution in [2.45, 2.75) is 6.92 Å². The molecule has 0 aliphatic heterocycles. The van der Waals surface area contributed by atoms with Gasteiger partial charge < -0.3 is 9.47 Å². The fraction of sp³-hybridized carbons (Fsp3) is 0.143. The molecule has 5 rings (SSSR count). The van der Waals surface area contributed by atoms with Crippen LogP contribution in [0, 0.1) is 6.92 Å². The lowest BCUT2D eigenvalue weighted by molar-refractivity contribution is 0.0602. The Kier molecular flexibility index (Phi) is 4.43. The van der Waals surface area contributed by atoms with E-state index in [1.54, 1.807) is 26.3 Å². The predicted molar refractivity (Wildman–Crippen MR) is 114 cm³/mol. The third-order valence-corrected chi connectivity index (χ3v) is 5.13. The van der Waals surface area contributed by atoms with Gasteiger partial charge in [0.1, 0.15) is 11.3 Å². The van der Waals surface area contributed by atoms with Crippen molar-refractivity contribution in [3.8, 4) is 23.1 Å². The van der Waals surface area contributed by atoms with E-state index >= 15 is 0 Å². The summed E-state index contributed by atoms with van der Waals surface area (Å²) >= 11 is 0. The summed E-state index contributed by atoms with van der Waals surface area (Å²) in [6.07, 6.45) is 2.97. The summed E-state index contributed by atoms with van der Waals surface area (Å²) in [5.74, 6) is 0.884. The molecule has 0 bridgehead atoms. The van der Waals surface area contributed by atoms with Crippen LogP contribution in [0.1, 0.15) is 16.1 Å². The van der Waals surface area contributed by atoms with Crippen LogP contribution in [0.5, 0.6) is 5.75 Å². The molecule has 0 atom stereocenters. The number of aromatic nitrogens is 7. The lowest BCUT2D eigenvalue weighted by atomic mass is 10.2. The predicted octanol–water partition coefficient (Wildman–Crippen LogP) is 1.92. The number of ether oxygens (including phenoxy) is 2. The number of esters is 1. The zero-order chi connectivity index (χ0) is 22.4. The topological polar surface area (TPSA) is 129 Å². The molecule has 11 heteroatoms. The maximum absolute atomic E-state index is 13.2. The number of carbonyl (C=O) groups is 1. The summed E-state index contributed by atoms with van der Waals surface area (Å²) < 4.78 is 12.8. The maximum Gasteiger partial charge on any atom is 0.343 e. The van der Waals surface area contributed by atoms with Gasteiger partial charge in [0.25, 0.3) is 11.5 Å². The van der Waals surface area contributed by atoms with Crippen LogP contribution in [0.2, 0.25) is 0 Å². The Morgan fingerprint density at radius 3 is 2.62 bits per heavy atom. The van der Waals surface area contributed by atoms with Crippen LogP contribution >= 0.6 is 0 Å². The zero-order valence-electron chi connectivity index (χ0n) is 17.4. The molecule has 0 radical (unpaired) electrons. The average molecular weight is 431 g/mol. The second-order valence-electron chi connectivity index (χ2n) is 6.95. The minimum Gasteiger partial charge on any atom is -0.497 e. The van der Waals surface area contributed by atoms with Crippen molar-refractivity contribution in [3.05, 3.63) is 64.3 Å². The SMILES string of the molecule is COC(=O)c1c(C)nn2c1ncc1c(=O)n(-c3n[nH]c(-c4ccc(OC)cc4)n3)ccc12. The van der Waals surface area contributed by atoms with Crippen LogP contribution in [0.15, 0.2) is 47.5 Å². The minimum atomic E-state index is -0.538. The maximum atomic E-state index is 13.2. The molecule has 0 spiro atoms. The number of aromatic amines is 1. The number of aryl methyl sites for hydroxylation is 1. The third-order valence-electron chi connectivity index (χ3n) is 5.13. The summed E-state index contributed by atoms with van der Waals surface area (Å²) in [5.41, 5.74) is 1.96. The van der Waals surface area contributed by atoms with E-state index in [9.17, 15) is 9.59 Å². The summed E-state index contributed by atoms with van der Waals surface area (Å²) in [7, 11) is 2.89. The third kappa shape index (κ3) is 2.90. The Morgan fingerprint density at radius 1 is 1.12 bits per heavy atom. The number of nitrogens with zero attached hydrogens (tertiary/aromatic N) is 6. The van der Waals surface area contributed by atoms with Crippen LogP contribution in [0.4, 0.5) is 0 Å². The average Bonchev–Trinajstić information content (AvgIpc) is 3.43. The Labute approximate surface area is 180 Å². The molecule has 4 heterocycles. The molecule has 0 amide bonds. The first-order valence-corrected chi connectivity index (χ1v) is 9.57. The van der Waals surface area contributed by atoms with Gasteiger partial charge in [0, 0.05) is 18.0 Å². The van der Waals surface area contributed by atoms with E-state index in [0.29, 0.717) is 28.1 Å². The molecule has 5 aromatic rings. The fourth-order valence-corrected chi connectivity index (χ4v) is 3.51. The van der Waals surface area contributed by atoms with Gasteiger partial charge in [0.15, 0.2) is 11.5 Å². The highest BCUT2D eigenvalue weighted by atomic mass is 16.5. The standard InChI is InChI=1S/C21H17N7O4/c1-11-16(20(30)32-3)18-22-10-14-15(28(18)26-11)8-9-27(19(14)29)21-23-17(24-25-21)12-4-6-13(31-2)7-5-12/h4-10H,1-3H3,(H,23,24,25). The molecule has 0 aliphatic carbocycles. The van der Waals surface area contributed by atoms with Crippen molar-refractivity contribution in [1.82, 2.24) is 34.3 Å². The van der Waals surface area contributed by atoms with E-state index in [2.05, 4.69) is 25.3 Å². The summed E-state index contributed by atoms with van der Waals surface area (Å²) in [6, 6.07) is 9.00. The summed E-state index contributed by atoms with van der Waals surface area (Å²) in [4.78, 5) is 34.0. The molecular weight excluding hydrogens is 414 g/mol. The number of H-pyrrole nitrogens is 1. The molecule has 11 nitrogen and oxygen atoms in total. The van der Waals surface area contributed by atoms with Gasteiger partial charge in [-0.25, -0.2) is 18.9 Å². The van der Waals surface area contributed by atoms with E-state index in [-0.39, 0.29) is 17.1 Å². The van der Waals surface area contributed by atoms with Gasteiger partial charge in [0.05, 0.1) is 30.8 Å². The molecule has 1 N–H and O–H groups in total. The molecule has 0 saturated carbocycles. The van der Waals surface area contributed by atoms with Crippen molar-refractivity contribution in [2.75, 3.05) is 14.2 Å². The Bertz CT molecular complexity index is 1550. The molecule has 0 unspecified atom stereocenters. The lowest BCUT2D eigenvalue weighted by Crippen LogP contribution is -2.20. The number of methoxy groups -OCH3 is 2. The second kappa shape index (κ2) is 7.30. The van der Waals surface area contributed by atoms with Crippen LogP contribution < -0.4 is 10.3 Å². The molecule has 160 valence electrons. The number of benzene rings is 1. The van der Waals surface area contributed by atoms with E-state index < -0.39 is 5.97 Å². The highest BCUT2D eigenvalue weighted by molar-refractivity contribution is 5.98. The van der Waals surface area contributed by atoms with E-state index in [4.69, 9.17) is 9.47 Å². The van der Waals surface area contributed by atoms with E-state index in [1.165, 1.54) is 22.4 Å². The van der Waals surface area contributed by atoms with Gasteiger partial charge in [-0.3, -0.25) is 9.89 Å². The van der Waals surface area contributed by atoms with Crippen LogP contribution in [0.3, 0.4) is 0 Å². The molecule has 1 aromatic carbocycles. The van der Waals surface area contributed by atoms with Crippen LogP contribution in [0.25, 0.3) is 33.9 Å². The highest BCUT2D eigenvalue weighted by Gasteiger charge is 2.21. The molecule has 0 saturated heterocycles. The number of fused-ring (bicyclic) bond motifs is 3. The van der Waals surface area contributed by atoms with Gasteiger partial charge in [-0.1, -0.05) is 0 Å². The van der Waals surface area contributed by atoms with Gasteiger partial charge in [-0.05, 0) is 37.3 Å². The summed E-state index contributed by atoms with van der Waals surface area (Å²) in [6.45, 7) is 1.68. The number of pyridine rings is 1. The molecular formula is C21H17N7O4. The van der Waals surface area contributed by atoms with Crippen molar-refractivity contribution >= 4 is 22.5 Å². The Balaban J connectivity index is 1.61. The van der Waals surface area contributed by atoms with Gasteiger partial charge in [0.2, 0.25) is 0 Å². The molecule has 0 fully saturated rings. The Morgan fingerprint density at radius 2 is 1.91 bits per heavy atom. The van der Waals surface area contributed by atoms with Gasteiger partial charge in [-0.2, -0.15) is 10.1 Å². The first kappa shape index (κ1) is 19.4. The monoisotopic (exact) mass is 431 g/mol.